The Morgan fingerprint density at radius 1 is 1.13 bits per heavy atom. The summed E-state index contributed by atoms with van der Waals surface area (Å²) in [7, 11) is 0. The number of nitrogen functional groups attached to an aromatic ring is 1. The number of hydrogen-bond donors (Lipinski definition) is 2. The average Bonchev–Trinajstić information content (AvgIpc) is 2.73. The van der Waals surface area contributed by atoms with E-state index in [9.17, 15) is 10.1 Å². The lowest BCUT2D eigenvalue weighted by molar-refractivity contribution is -0.914. The fraction of sp³-hybridized carbons (Fsp3) is 0.524. The fourth-order valence-electron chi connectivity index (χ4n) is 4.42. The molecule has 0 aliphatic carbocycles. The zero-order valence-corrected chi connectivity index (χ0v) is 18.0. The summed E-state index contributed by atoms with van der Waals surface area (Å²) in [5.41, 5.74) is 7.15. The number of nitrogens with zero attached hydrogens (tertiary/aromatic N) is 5. The quantitative estimate of drug-likeness (QED) is 0.522. The van der Waals surface area contributed by atoms with Crippen molar-refractivity contribution in [2.75, 3.05) is 54.8 Å². The fourth-order valence-corrected chi connectivity index (χ4v) is 4.42. The number of ether oxygens (including phenoxy) is 1. The van der Waals surface area contributed by atoms with Crippen LogP contribution in [0.15, 0.2) is 30.3 Å². The van der Waals surface area contributed by atoms with Gasteiger partial charge in [-0.2, -0.15) is 9.97 Å². The molecule has 10 heteroatoms. The maximum Gasteiger partial charge on any atom is 0.353 e. The van der Waals surface area contributed by atoms with E-state index >= 15 is 0 Å². The Morgan fingerprint density at radius 2 is 1.77 bits per heavy atom. The Kier molecular flexibility index (Phi) is 6.19. The van der Waals surface area contributed by atoms with Gasteiger partial charge in [0.25, 0.3) is 0 Å². The number of nitrogens with one attached hydrogen (secondary N) is 1. The third kappa shape index (κ3) is 4.86. The molecular weight excluding hydrogens is 398 g/mol. The third-order valence-electron chi connectivity index (χ3n) is 5.83. The highest BCUT2D eigenvalue weighted by molar-refractivity contribution is 5.71. The van der Waals surface area contributed by atoms with E-state index in [1.165, 1.54) is 10.5 Å². The van der Waals surface area contributed by atoms with Gasteiger partial charge in [-0.25, -0.2) is 0 Å². The van der Waals surface area contributed by atoms with Gasteiger partial charge in [0.15, 0.2) is 0 Å². The lowest BCUT2D eigenvalue weighted by atomic mass is 10.2. The van der Waals surface area contributed by atoms with Crippen LogP contribution in [-0.4, -0.2) is 66.4 Å². The van der Waals surface area contributed by atoms with Crippen molar-refractivity contribution in [3.63, 3.8) is 0 Å². The summed E-state index contributed by atoms with van der Waals surface area (Å²) in [6.45, 7) is 9.36. The van der Waals surface area contributed by atoms with Crippen molar-refractivity contribution in [3.8, 4) is 0 Å². The number of morpholine rings is 1. The minimum atomic E-state index is -0.485. The van der Waals surface area contributed by atoms with Crippen LogP contribution in [0.5, 0.6) is 0 Å². The molecule has 0 bridgehead atoms. The largest absolute Gasteiger partial charge is 0.378 e. The standard InChI is InChI=1S/C21H29N7O3/c1-15-12-27(13-16(2)31-15)20-18(28(29)30)19(22)23-21(24-20)26-10-8-25(9-11-26)14-17-6-4-3-5-7-17/h3-7,15-16H,8-14H2,1-2H3,(H2,22,23,24)/p+1/t15-,16-/m1/s1. The van der Waals surface area contributed by atoms with Crippen LogP contribution < -0.4 is 20.4 Å². The van der Waals surface area contributed by atoms with Gasteiger partial charge in [-0.05, 0) is 13.8 Å². The number of benzene rings is 1. The van der Waals surface area contributed by atoms with E-state index in [1.807, 2.05) is 24.8 Å². The molecule has 2 aliphatic rings. The van der Waals surface area contributed by atoms with Crippen molar-refractivity contribution in [2.45, 2.75) is 32.6 Å². The highest BCUT2D eigenvalue weighted by Gasteiger charge is 2.33. The second-order valence-corrected chi connectivity index (χ2v) is 8.40. The molecule has 10 nitrogen and oxygen atoms in total. The summed E-state index contributed by atoms with van der Waals surface area (Å²) in [6.07, 6.45) is -0.0961. The minimum Gasteiger partial charge on any atom is -0.378 e. The minimum absolute atomic E-state index is 0.0480. The molecule has 31 heavy (non-hydrogen) atoms. The number of hydrogen-bond acceptors (Lipinski definition) is 8. The molecular formula is C21H30N7O3+. The molecule has 2 fully saturated rings. The summed E-state index contributed by atoms with van der Waals surface area (Å²) in [4.78, 5) is 25.6. The second-order valence-electron chi connectivity index (χ2n) is 8.40. The van der Waals surface area contributed by atoms with Crippen LogP contribution >= 0.6 is 0 Å². The van der Waals surface area contributed by atoms with Gasteiger partial charge in [0.1, 0.15) is 6.54 Å². The van der Waals surface area contributed by atoms with Crippen molar-refractivity contribution >= 4 is 23.3 Å². The zero-order chi connectivity index (χ0) is 22.0. The zero-order valence-electron chi connectivity index (χ0n) is 18.0. The maximum absolute atomic E-state index is 11.7. The molecule has 2 aromatic rings. The average molecular weight is 429 g/mol. The van der Waals surface area contributed by atoms with Crippen molar-refractivity contribution in [3.05, 3.63) is 46.0 Å². The molecule has 3 heterocycles. The van der Waals surface area contributed by atoms with Gasteiger partial charge in [0, 0.05) is 18.7 Å². The number of aromatic nitrogens is 2. The van der Waals surface area contributed by atoms with Crippen LogP contribution in [0.3, 0.4) is 0 Å². The van der Waals surface area contributed by atoms with Crippen molar-refractivity contribution < 1.29 is 14.6 Å². The molecule has 0 saturated carbocycles. The van der Waals surface area contributed by atoms with Gasteiger partial charge in [0.05, 0.1) is 43.3 Å². The van der Waals surface area contributed by atoms with Crippen LogP contribution in [0.2, 0.25) is 0 Å². The van der Waals surface area contributed by atoms with Crippen LogP contribution in [0.4, 0.5) is 23.3 Å². The molecule has 0 unspecified atom stereocenters. The number of nitrogens with two attached hydrogens (primary N) is 1. The Bertz CT molecular complexity index is 909. The van der Waals surface area contributed by atoms with Gasteiger partial charge < -0.3 is 25.2 Å². The second kappa shape index (κ2) is 9.03. The molecule has 2 atom stereocenters. The van der Waals surface area contributed by atoms with Gasteiger partial charge in [-0.15, -0.1) is 0 Å². The Labute approximate surface area is 181 Å². The van der Waals surface area contributed by atoms with Gasteiger partial charge in [0.2, 0.25) is 17.6 Å². The number of piperazine rings is 1. The summed E-state index contributed by atoms with van der Waals surface area (Å²) >= 11 is 0. The maximum atomic E-state index is 11.7. The van der Waals surface area contributed by atoms with E-state index in [0.29, 0.717) is 19.0 Å². The first-order valence-electron chi connectivity index (χ1n) is 10.8. The van der Waals surface area contributed by atoms with Crippen LogP contribution in [0.25, 0.3) is 0 Å². The number of quaternary nitrogens is 1. The Hall–Kier alpha value is -2.98. The molecule has 2 saturated heterocycles. The first kappa shape index (κ1) is 21.3. The first-order chi connectivity index (χ1) is 14.9. The van der Waals surface area contributed by atoms with E-state index in [-0.39, 0.29) is 29.5 Å². The number of nitro groups is 1. The SMILES string of the molecule is C[C@@H]1CN(c2nc(N3CC[NH+](Cc4ccccc4)CC3)nc(N)c2[N+](=O)[O-])C[C@@H](C)O1. The normalized spacial score (nSPS) is 22.5. The van der Waals surface area contributed by atoms with E-state index in [4.69, 9.17) is 10.5 Å². The molecule has 1 aromatic heterocycles. The van der Waals surface area contributed by atoms with Gasteiger partial charge in [-0.3, -0.25) is 10.1 Å². The first-order valence-corrected chi connectivity index (χ1v) is 10.8. The smallest absolute Gasteiger partial charge is 0.353 e. The summed E-state index contributed by atoms with van der Waals surface area (Å²) < 4.78 is 5.78. The van der Waals surface area contributed by atoms with Crippen molar-refractivity contribution in [1.82, 2.24) is 9.97 Å². The molecule has 0 radical (unpaired) electrons. The predicted octanol–water partition coefficient (Wildman–Crippen LogP) is 0.486. The number of rotatable bonds is 5. The molecule has 3 N–H and O–H groups in total. The summed E-state index contributed by atoms with van der Waals surface area (Å²) in [5, 5.41) is 11.7. The molecule has 2 aliphatic heterocycles. The monoisotopic (exact) mass is 428 g/mol. The van der Waals surface area contributed by atoms with E-state index < -0.39 is 4.92 Å². The van der Waals surface area contributed by atoms with E-state index in [0.717, 1.165) is 32.7 Å². The predicted molar refractivity (Wildman–Crippen MR) is 118 cm³/mol. The van der Waals surface area contributed by atoms with Gasteiger partial charge in [-0.1, -0.05) is 30.3 Å². The molecule has 4 rings (SSSR count). The van der Waals surface area contributed by atoms with Crippen LogP contribution in [-0.2, 0) is 11.3 Å². The Morgan fingerprint density at radius 3 is 2.39 bits per heavy atom. The van der Waals surface area contributed by atoms with Crippen LogP contribution in [0, 0.1) is 10.1 Å². The van der Waals surface area contributed by atoms with Crippen LogP contribution in [0.1, 0.15) is 19.4 Å². The highest BCUT2D eigenvalue weighted by Crippen LogP contribution is 2.34. The summed E-state index contributed by atoms with van der Waals surface area (Å²) in [5.74, 6) is 0.660. The Balaban J connectivity index is 1.52. The summed E-state index contributed by atoms with van der Waals surface area (Å²) in [6, 6.07) is 10.5. The van der Waals surface area contributed by atoms with Crippen molar-refractivity contribution in [2.24, 2.45) is 0 Å². The lowest BCUT2D eigenvalue weighted by Crippen LogP contribution is -3.13. The van der Waals surface area contributed by atoms with E-state index in [2.05, 4.69) is 39.1 Å². The number of anilines is 3. The molecule has 166 valence electrons. The molecule has 0 spiro atoms. The topological polar surface area (TPSA) is 115 Å². The highest BCUT2D eigenvalue weighted by atomic mass is 16.6. The van der Waals surface area contributed by atoms with Gasteiger partial charge >= 0.3 is 5.69 Å². The molecule has 1 aromatic carbocycles. The molecule has 0 amide bonds. The third-order valence-corrected chi connectivity index (χ3v) is 5.83. The van der Waals surface area contributed by atoms with Crippen molar-refractivity contribution in [1.29, 1.82) is 0 Å². The lowest BCUT2D eigenvalue weighted by Gasteiger charge is -2.36. The van der Waals surface area contributed by atoms with E-state index in [1.54, 1.807) is 0 Å².